The minimum Gasteiger partial charge on any atom is -0.481 e. The van der Waals surface area contributed by atoms with Gasteiger partial charge in [-0.05, 0) is 18.1 Å². The van der Waals surface area contributed by atoms with Crippen LogP contribution in [-0.2, 0) is 17.8 Å². The molecular formula is C12H17NO3. The molecule has 0 spiro atoms. The van der Waals surface area contributed by atoms with Crippen LogP contribution in [0, 0.1) is 0 Å². The molecule has 0 aliphatic carbocycles. The Bertz CT molecular complexity index is 333. The van der Waals surface area contributed by atoms with Crippen molar-refractivity contribution in [2.45, 2.75) is 26.0 Å². The lowest BCUT2D eigenvalue weighted by molar-refractivity contribution is -0.136. The highest BCUT2D eigenvalue weighted by Crippen LogP contribution is 2.05. The number of hydrogen-bond acceptors (Lipinski definition) is 3. The molecule has 0 aliphatic heterocycles. The van der Waals surface area contributed by atoms with Crippen molar-refractivity contribution < 1.29 is 15.0 Å². The minimum atomic E-state index is -0.819. The van der Waals surface area contributed by atoms with Crippen LogP contribution in [0.4, 0.5) is 0 Å². The molecule has 1 aromatic rings. The Hall–Kier alpha value is -1.39. The number of aliphatic hydroxyl groups excluding tert-OH is 1. The van der Waals surface area contributed by atoms with E-state index in [9.17, 15) is 4.79 Å². The lowest BCUT2D eigenvalue weighted by atomic mass is 10.1. The zero-order valence-electron chi connectivity index (χ0n) is 9.31. The summed E-state index contributed by atoms with van der Waals surface area (Å²) in [4.78, 5) is 10.5. The Kier molecular flexibility index (Phi) is 4.95. The van der Waals surface area contributed by atoms with E-state index in [-0.39, 0.29) is 12.5 Å². The molecule has 1 unspecified atom stereocenters. The molecule has 0 aromatic heterocycles. The first-order valence-electron chi connectivity index (χ1n) is 5.26. The highest BCUT2D eigenvalue weighted by atomic mass is 16.4. The van der Waals surface area contributed by atoms with Gasteiger partial charge in [-0.25, -0.2) is 0 Å². The smallest absolute Gasteiger partial charge is 0.307 e. The third-order valence-corrected chi connectivity index (χ3v) is 2.15. The Balaban J connectivity index is 2.42. The minimum absolute atomic E-state index is 0.0569. The van der Waals surface area contributed by atoms with Crippen LogP contribution >= 0.6 is 0 Å². The van der Waals surface area contributed by atoms with Gasteiger partial charge in [0.25, 0.3) is 0 Å². The molecule has 1 rings (SSSR count). The number of rotatable bonds is 6. The van der Waals surface area contributed by atoms with Gasteiger partial charge in [-0.1, -0.05) is 24.3 Å². The van der Waals surface area contributed by atoms with Crippen molar-refractivity contribution in [3.63, 3.8) is 0 Å². The molecule has 0 saturated heterocycles. The van der Waals surface area contributed by atoms with E-state index in [4.69, 9.17) is 10.2 Å². The van der Waals surface area contributed by atoms with Gasteiger partial charge in [0, 0.05) is 13.1 Å². The predicted molar refractivity (Wildman–Crippen MR) is 61.2 cm³/mol. The Labute approximate surface area is 94.9 Å². The molecular weight excluding hydrogens is 206 g/mol. The summed E-state index contributed by atoms with van der Waals surface area (Å²) in [5.41, 5.74) is 1.88. The van der Waals surface area contributed by atoms with E-state index >= 15 is 0 Å². The number of hydrogen-bond donors (Lipinski definition) is 3. The van der Waals surface area contributed by atoms with Crippen molar-refractivity contribution in [2.24, 2.45) is 0 Å². The molecule has 3 N–H and O–H groups in total. The Morgan fingerprint density at radius 1 is 1.31 bits per heavy atom. The number of carboxylic acids is 1. The van der Waals surface area contributed by atoms with Crippen molar-refractivity contribution in [2.75, 3.05) is 6.54 Å². The summed E-state index contributed by atoms with van der Waals surface area (Å²) >= 11 is 0. The normalized spacial score (nSPS) is 12.4. The molecule has 1 aromatic carbocycles. The molecule has 0 heterocycles. The maximum atomic E-state index is 10.5. The summed E-state index contributed by atoms with van der Waals surface area (Å²) in [6, 6.07) is 7.42. The molecule has 4 heteroatoms. The van der Waals surface area contributed by atoms with Crippen LogP contribution in [-0.4, -0.2) is 28.8 Å². The van der Waals surface area contributed by atoms with Gasteiger partial charge in [0.15, 0.2) is 0 Å². The third-order valence-electron chi connectivity index (χ3n) is 2.15. The second-order valence-electron chi connectivity index (χ2n) is 3.87. The van der Waals surface area contributed by atoms with Gasteiger partial charge in [0.1, 0.15) is 0 Å². The molecule has 0 bridgehead atoms. The quantitative estimate of drug-likeness (QED) is 0.666. The van der Waals surface area contributed by atoms with Crippen LogP contribution in [0.2, 0.25) is 0 Å². The topological polar surface area (TPSA) is 69.6 Å². The van der Waals surface area contributed by atoms with Crippen molar-refractivity contribution in [1.29, 1.82) is 0 Å². The molecule has 4 nitrogen and oxygen atoms in total. The van der Waals surface area contributed by atoms with E-state index in [1.807, 2.05) is 24.3 Å². The first-order valence-corrected chi connectivity index (χ1v) is 5.26. The van der Waals surface area contributed by atoms with Crippen LogP contribution in [0.3, 0.4) is 0 Å². The number of aliphatic hydroxyl groups is 1. The zero-order chi connectivity index (χ0) is 12.0. The summed E-state index contributed by atoms with van der Waals surface area (Å²) < 4.78 is 0. The van der Waals surface area contributed by atoms with Gasteiger partial charge in [-0.3, -0.25) is 4.79 Å². The average Bonchev–Trinajstić information content (AvgIpc) is 2.19. The van der Waals surface area contributed by atoms with Crippen LogP contribution in [0.15, 0.2) is 24.3 Å². The average molecular weight is 223 g/mol. The molecule has 0 amide bonds. The van der Waals surface area contributed by atoms with E-state index in [1.165, 1.54) is 0 Å². The predicted octanol–water partition coefficient (Wildman–Crippen LogP) is 0.784. The largest absolute Gasteiger partial charge is 0.481 e. The lowest BCUT2D eigenvalue weighted by Crippen LogP contribution is -2.23. The summed E-state index contributed by atoms with van der Waals surface area (Å²) in [5, 5.41) is 20.7. The SMILES string of the molecule is CC(O)CNCc1ccc(CC(=O)O)cc1. The fourth-order valence-electron chi connectivity index (χ4n) is 1.37. The van der Waals surface area contributed by atoms with Crippen molar-refractivity contribution in [3.05, 3.63) is 35.4 Å². The molecule has 88 valence electrons. The van der Waals surface area contributed by atoms with Gasteiger partial charge >= 0.3 is 5.97 Å². The standard InChI is InChI=1S/C12H17NO3/c1-9(14)7-13-8-11-4-2-10(3-5-11)6-12(15)16/h2-5,9,13-14H,6-8H2,1H3,(H,15,16). The van der Waals surface area contributed by atoms with E-state index in [0.717, 1.165) is 11.1 Å². The molecule has 1 atom stereocenters. The number of carboxylic acid groups (broad SMARTS) is 1. The van der Waals surface area contributed by atoms with Gasteiger partial charge < -0.3 is 15.5 Å². The fraction of sp³-hybridized carbons (Fsp3) is 0.417. The van der Waals surface area contributed by atoms with Gasteiger partial charge in [-0.2, -0.15) is 0 Å². The monoisotopic (exact) mass is 223 g/mol. The van der Waals surface area contributed by atoms with E-state index < -0.39 is 5.97 Å². The van der Waals surface area contributed by atoms with Crippen LogP contribution in [0.1, 0.15) is 18.1 Å². The Morgan fingerprint density at radius 3 is 2.38 bits per heavy atom. The number of benzene rings is 1. The van der Waals surface area contributed by atoms with Gasteiger partial charge in [0.05, 0.1) is 12.5 Å². The van der Waals surface area contributed by atoms with E-state index in [2.05, 4.69) is 5.32 Å². The van der Waals surface area contributed by atoms with Crippen molar-refractivity contribution in [1.82, 2.24) is 5.32 Å². The highest BCUT2D eigenvalue weighted by molar-refractivity contribution is 5.70. The molecule has 0 aliphatic rings. The molecule has 0 radical (unpaired) electrons. The number of nitrogens with one attached hydrogen (secondary N) is 1. The zero-order valence-corrected chi connectivity index (χ0v) is 9.31. The molecule has 16 heavy (non-hydrogen) atoms. The van der Waals surface area contributed by atoms with Crippen molar-refractivity contribution in [3.8, 4) is 0 Å². The molecule has 0 saturated carbocycles. The first-order chi connectivity index (χ1) is 7.58. The summed E-state index contributed by atoms with van der Waals surface area (Å²) in [6.45, 7) is 2.96. The maximum absolute atomic E-state index is 10.5. The first kappa shape index (κ1) is 12.7. The van der Waals surface area contributed by atoms with Crippen LogP contribution in [0.5, 0.6) is 0 Å². The van der Waals surface area contributed by atoms with Gasteiger partial charge in [-0.15, -0.1) is 0 Å². The van der Waals surface area contributed by atoms with E-state index in [1.54, 1.807) is 6.92 Å². The summed E-state index contributed by atoms with van der Waals surface area (Å²) in [7, 11) is 0. The second kappa shape index (κ2) is 6.25. The third kappa shape index (κ3) is 4.91. The van der Waals surface area contributed by atoms with Crippen LogP contribution in [0.25, 0.3) is 0 Å². The number of aliphatic carboxylic acids is 1. The van der Waals surface area contributed by atoms with E-state index in [0.29, 0.717) is 13.1 Å². The summed E-state index contributed by atoms with van der Waals surface area (Å²) in [6.07, 6.45) is -0.298. The number of carbonyl (C=O) groups is 1. The van der Waals surface area contributed by atoms with Gasteiger partial charge in [0.2, 0.25) is 0 Å². The Morgan fingerprint density at radius 2 is 1.88 bits per heavy atom. The second-order valence-corrected chi connectivity index (χ2v) is 3.87. The maximum Gasteiger partial charge on any atom is 0.307 e. The lowest BCUT2D eigenvalue weighted by Gasteiger charge is -2.07. The highest BCUT2D eigenvalue weighted by Gasteiger charge is 2.00. The van der Waals surface area contributed by atoms with Crippen molar-refractivity contribution >= 4 is 5.97 Å². The van der Waals surface area contributed by atoms with Crippen LogP contribution < -0.4 is 5.32 Å². The fourth-order valence-corrected chi connectivity index (χ4v) is 1.37. The summed E-state index contributed by atoms with van der Waals surface area (Å²) in [5.74, 6) is -0.819. The molecule has 0 fully saturated rings.